The molecule has 11 rings (SSSR count). The minimum Gasteiger partial charge on any atom is -0.457 e. The van der Waals surface area contributed by atoms with Crippen LogP contribution in [0.15, 0.2) is 193 Å². The molecule has 3 nitrogen and oxygen atoms in total. The summed E-state index contributed by atoms with van der Waals surface area (Å²) in [7, 11) is 0. The molecule has 0 saturated heterocycles. The third kappa shape index (κ3) is 4.61. The molecule has 7 aromatic carbocycles. The second kappa shape index (κ2) is 12.1. The summed E-state index contributed by atoms with van der Waals surface area (Å²) in [4.78, 5) is 10.2. The van der Waals surface area contributed by atoms with Crippen LogP contribution in [0.3, 0.4) is 0 Å². The first-order valence-corrected chi connectivity index (χ1v) is 18.7. The lowest BCUT2D eigenvalue weighted by molar-refractivity contribution is 0.390. The molecule has 0 bridgehead atoms. The number of nitrogens with zero attached hydrogens (tertiary/aromatic N) is 2. The maximum absolute atomic E-state index is 6.82. The molecule has 0 radical (unpaired) electrons. The van der Waals surface area contributed by atoms with E-state index in [2.05, 4.69) is 164 Å². The van der Waals surface area contributed by atoms with Gasteiger partial charge in [-0.05, 0) is 80.8 Å². The molecule has 2 aliphatic carbocycles. The topological polar surface area (TPSA) is 35.0 Å². The molecule has 0 amide bonds. The Morgan fingerprint density at radius 1 is 0.463 bits per heavy atom. The molecule has 1 aliphatic heterocycles. The summed E-state index contributed by atoms with van der Waals surface area (Å²) in [6, 6.07) is 62.7. The Morgan fingerprint density at radius 2 is 1.07 bits per heavy atom. The van der Waals surface area contributed by atoms with Crippen molar-refractivity contribution in [1.82, 2.24) is 9.97 Å². The van der Waals surface area contributed by atoms with Crippen LogP contribution in [0.5, 0.6) is 5.75 Å². The van der Waals surface area contributed by atoms with Crippen molar-refractivity contribution in [3.8, 4) is 50.8 Å². The highest BCUT2D eigenvalue weighted by Gasteiger charge is 2.52. The van der Waals surface area contributed by atoms with Crippen LogP contribution in [0, 0.1) is 0 Å². The summed E-state index contributed by atoms with van der Waals surface area (Å²) in [5.41, 5.74) is 14.9. The normalized spacial score (nSPS) is 14.9. The van der Waals surface area contributed by atoms with Gasteiger partial charge in [0.2, 0.25) is 0 Å². The van der Waals surface area contributed by atoms with Crippen molar-refractivity contribution in [2.75, 3.05) is 0 Å². The summed E-state index contributed by atoms with van der Waals surface area (Å²) >= 11 is 0. The first kappa shape index (κ1) is 30.8. The quantitative estimate of drug-likeness (QED) is 0.184. The monoisotopic (exact) mass is 690 g/mol. The Balaban J connectivity index is 1.01. The van der Waals surface area contributed by atoms with Crippen molar-refractivity contribution in [2.24, 2.45) is 0 Å². The Labute approximate surface area is 314 Å². The molecule has 0 unspecified atom stereocenters. The number of ether oxygens (including phenoxy) is 1. The zero-order valence-corrected chi connectivity index (χ0v) is 29.5. The number of benzene rings is 7. The van der Waals surface area contributed by atoms with Crippen LogP contribution < -0.4 is 4.74 Å². The Hall–Kier alpha value is -6.84. The van der Waals surface area contributed by atoms with Gasteiger partial charge in [-0.15, -0.1) is 0 Å². The summed E-state index contributed by atoms with van der Waals surface area (Å²) in [6.45, 7) is 0. The molecular formula is C51H34N2O. The van der Waals surface area contributed by atoms with E-state index in [4.69, 9.17) is 14.7 Å². The average Bonchev–Trinajstić information content (AvgIpc) is 3.54. The highest BCUT2D eigenvalue weighted by molar-refractivity contribution is 5.96. The highest BCUT2D eigenvalue weighted by atomic mass is 16.5. The third-order valence-electron chi connectivity index (χ3n) is 11.5. The molecule has 1 spiro atoms. The van der Waals surface area contributed by atoms with Crippen molar-refractivity contribution in [3.05, 3.63) is 216 Å². The number of aromatic nitrogens is 2. The summed E-state index contributed by atoms with van der Waals surface area (Å²) in [5, 5.41) is 2.37. The predicted octanol–water partition coefficient (Wildman–Crippen LogP) is 12.5. The summed E-state index contributed by atoms with van der Waals surface area (Å²) in [6.07, 6.45) is 4.12. The lowest BCUT2D eigenvalue weighted by Crippen LogP contribution is -2.35. The van der Waals surface area contributed by atoms with E-state index in [0.29, 0.717) is 5.82 Å². The van der Waals surface area contributed by atoms with E-state index in [1.54, 1.807) is 0 Å². The number of hydrogen-bond acceptors (Lipinski definition) is 3. The van der Waals surface area contributed by atoms with Gasteiger partial charge >= 0.3 is 0 Å². The van der Waals surface area contributed by atoms with Crippen LogP contribution in [0.25, 0.3) is 61.4 Å². The van der Waals surface area contributed by atoms with Gasteiger partial charge in [-0.25, -0.2) is 9.97 Å². The molecular weight excluding hydrogens is 657 g/mol. The Bertz CT molecular complexity index is 2800. The van der Waals surface area contributed by atoms with E-state index in [-0.39, 0.29) is 5.41 Å². The van der Waals surface area contributed by atoms with E-state index < -0.39 is 0 Å². The molecule has 3 aliphatic rings. The second-order valence-corrected chi connectivity index (χ2v) is 14.4. The van der Waals surface area contributed by atoms with E-state index >= 15 is 0 Å². The minimum absolute atomic E-state index is 0.380. The van der Waals surface area contributed by atoms with Crippen LogP contribution >= 0.6 is 0 Å². The van der Waals surface area contributed by atoms with E-state index in [0.717, 1.165) is 52.4 Å². The van der Waals surface area contributed by atoms with Gasteiger partial charge in [0.25, 0.3) is 0 Å². The number of hydrogen-bond donors (Lipinski definition) is 0. The van der Waals surface area contributed by atoms with Gasteiger partial charge in [-0.2, -0.15) is 0 Å². The van der Waals surface area contributed by atoms with Crippen molar-refractivity contribution < 1.29 is 4.74 Å². The first-order valence-electron chi connectivity index (χ1n) is 18.7. The zero-order chi connectivity index (χ0) is 35.6. The van der Waals surface area contributed by atoms with Crippen LogP contribution in [-0.2, 0) is 5.41 Å². The largest absolute Gasteiger partial charge is 0.457 e. The van der Waals surface area contributed by atoms with Gasteiger partial charge in [-0.1, -0.05) is 164 Å². The summed E-state index contributed by atoms with van der Waals surface area (Å²) in [5.74, 6) is 2.61. The molecule has 0 atom stereocenters. The fourth-order valence-corrected chi connectivity index (χ4v) is 9.14. The van der Waals surface area contributed by atoms with E-state index in [1.165, 1.54) is 55.3 Å². The predicted molar refractivity (Wildman–Crippen MR) is 219 cm³/mol. The van der Waals surface area contributed by atoms with Gasteiger partial charge in [-0.3, -0.25) is 0 Å². The van der Waals surface area contributed by atoms with Gasteiger partial charge in [0.05, 0.1) is 16.8 Å². The van der Waals surface area contributed by atoms with Gasteiger partial charge < -0.3 is 4.74 Å². The summed E-state index contributed by atoms with van der Waals surface area (Å²) < 4.78 is 6.82. The lowest BCUT2D eigenvalue weighted by atomic mass is 9.63. The van der Waals surface area contributed by atoms with Gasteiger partial charge in [0, 0.05) is 22.3 Å². The molecule has 0 saturated carbocycles. The number of fused-ring (bicyclic) bond motifs is 9. The maximum atomic E-state index is 6.82. The standard InChI is InChI=1S/C51H34N2O/c1-2-14-36(15-3-1)50-52-46(32-47(53-50)41-20-12-16-34-13-4-5-17-38(34)41)35-27-25-33(26-28-35)37-29-30-45-49(31-37)54-48-24-11-10-23-44(48)51(45)42-21-8-6-18-39(42)40-19-7-9-22-43(40)51/h1-28,31-32H,29-30H2. The third-order valence-corrected chi connectivity index (χ3v) is 11.5. The number of para-hydroxylation sites is 1. The second-order valence-electron chi connectivity index (χ2n) is 14.4. The van der Waals surface area contributed by atoms with E-state index in [1.807, 2.05) is 18.2 Å². The first-order chi connectivity index (χ1) is 26.8. The van der Waals surface area contributed by atoms with Crippen molar-refractivity contribution >= 4 is 16.3 Å². The van der Waals surface area contributed by atoms with Gasteiger partial charge in [0.15, 0.2) is 5.82 Å². The fraction of sp³-hybridized carbons (Fsp3) is 0.0588. The Kier molecular flexibility index (Phi) is 6.90. The molecule has 8 aromatic rings. The highest BCUT2D eigenvalue weighted by Crippen LogP contribution is 2.62. The average molecular weight is 691 g/mol. The lowest BCUT2D eigenvalue weighted by Gasteiger charge is -2.42. The number of rotatable bonds is 4. The van der Waals surface area contributed by atoms with Gasteiger partial charge in [0.1, 0.15) is 11.5 Å². The Morgan fingerprint density at radius 3 is 1.87 bits per heavy atom. The smallest absolute Gasteiger partial charge is 0.160 e. The number of allylic oxidation sites excluding steroid dienone is 3. The molecule has 54 heavy (non-hydrogen) atoms. The van der Waals surface area contributed by atoms with Crippen molar-refractivity contribution in [3.63, 3.8) is 0 Å². The fourth-order valence-electron chi connectivity index (χ4n) is 9.14. The molecule has 3 heteroatoms. The van der Waals surface area contributed by atoms with Crippen LogP contribution in [0.4, 0.5) is 0 Å². The SMILES string of the molecule is C1=C(c2ccc(-c3cc(-c4cccc5ccccc45)nc(-c4ccccc4)n3)cc2)CCC2=C1Oc1ccccc1C21c2ccccc2-c2ccccc21. The van der Waals surface area contributed by atoms with Crippen LogP contribution in [0.1, 0.15) is 35.1 Å². The molecule has 0 N–H and O–H groups in total. The van der Waals surface area contributed by atoms with Crippen molar-refractivity contribution in [2.45, 2.75) is 18.3 Å². The van der Waals surface area contributed by atoms with Crippen LogP contribution in [-0.4, -0.2) is 9.97 Å². The molecule has 0 fully saturated rings. The molecule has 2 heterocycles. The molecule has 1 aromatic heterocycles. The van der Waals surface area contributed by atoms with E-state index in [9.17, 15) is 0 Å². The van der Waals surface area contributed by atoms with Crippen molar-refractivity contribution in [1.29, 1.82) is 0 Å². The molecule has 254 valence electrons. The van der Waals surface area contributed by atoms with Crippen LogP contribution in [0.2, 0.25) is 0 Å². The zero-order valence-electron chi connectivity index (χ0n) is 29.5. The maximum Gasteiger partial charge on any atom is 0.160 e. The minimum atomic E-state index is -0.380.